The first kappa shape index (κ1) is 10.4. The van der Waals surface area contributed by atoms with E-state index in [-0.39, 0.29) is 25.0 Å². The molecule has 11 heavy (non-hydrogen) atoms. The van der Waals surface area contributed by atoms with Crippen LogP contribution < -0.4 is 10.6 Å². The van der Waals surface area contributed by atoms with Gasteiger partial charge in [-0.3, -0.25) is 4.79 Å². The fraction of sp³-hybridized carbons (Fsp3) is 0.857. The fourth-order valence-corrected chi connectivity index (χ4v) is 0.559. The summed E-state index contributed by atoms with van der Waals surface area (Å²) < 4.78 is 0. The highest BCUT2D eigenvalue weighted by molar-refractivity contribution is 5.75. The largest absolute Gasteiger partial charge is 0.396 e. The lowest BCUT2D eigenvalue weighted by atomic mass is 10.3. The van der Waals surface area contributed by atoms with Gasteiger partial charge < -0.3 is 15.7 Å². The van der Waals surface area contributed by atoms with Gasteiger partial charge in [-0.05, 0) is 14.0 Å². The van der Waals surface area contributed by atoms with Crippen LogP contribution >= 0.6 is 0 Å². The second kappa shape index (κ2) is 6.12. The van der Waals surface area contributed by atoms with Gasteiger partial charge in [-0.2, -0.15) is 0 Å². The molecular weight excluding hydrogens is 144 g/mol. The number of hydrogen-bond acceptors (Lipinski definition) is 3. The molecule has 0 saturated carbocycles. The van der Waals surface area contributed by atoms with E-state index in [2.05, 4.69) is 10.6 Å². The highest BCUT2D eigenvalue weighted by Crippen LogP contribution is 1.79. The number of carbonyl (C=O) groups is 1. The molecule has 1 atom stereocenters. The molecule has 66 valence electrons. The van der Waals surface area contributed by atoms with Crippen molar-refractivity contribution in [3.8, 4) is 0 Å². The third-order valence-corrected chi connectivity index (χ3v) is 1.44. The molecule has 4 nitrogen and oxygen atoms in total. The first-order valence-electron chi connectivity index (χ1n) is 3.75. The van der Waals surface area contributed by atoms with Crippen LogP contribution in [-0.2, 0) is 4.79 Å². The van der Waals surface area contributed by atoms with Crippen molar-refractivity contribution in [3.05, 3.63) is 0 Å². The summed E-state index contributed by atoms with van der Waals surface area (Å²) in [5.41, 5.74) is 0. The van der Waals surface area contributed by atoms with Gasteiger partial charge in [0, 0.05) is 19.0 Å². The van der Waals surface area contributed by atoms with Gasteiger partial charge in [0.25, 0.3) is 0 Å². The van der Waals surface area contributed by atoms with Crippen molar-refractivity contribution in [2.24, 2.45) is 0 Å². The number of amides is 1. The summed E-state index contributed by atoms with van der Waals surface area (Å²) in [7, 11) is 1.84. The van der Waals surface area contributed by atoms with Gasteiger partial charge in [0.1, 0.15) is 0 Å². The summed E-state index contributed by atoms with van der Waals surface area (Å²) in [6, 6.07) is 0.276. The van der Waals surface area contributed by atoms with E-state index in [0.717, 1.165) is 0 Å². The zero-order valence-electron chi connectivity index (χ0n) is 7.05. The third kappa shape index (κ3) is 5.82. The van der Waals surface area contributed by atoms with Crippen molar-refractivity contribution >= 4 is 5.91 Å². The third-order valence-electron chi connectivity index (χ3n) is 1.44. The Labute approximate surface area is 67.0 Å². The van der Waals surface area contributed by atoms with Crippen molar-refractivity contribution in [3.63, 3.8) is 0 Å². The number of aliphatic hydroxyl groups is 1. The zero-order valence-corrected chi connectivity index (χ0v) is 7.05. The summed E-state index contributed by atoms with van der Waals surface area (Å²) in [4.78, 5) is 10.8. The molecule has 0 bridgehead atoms. The number of likely N-dealkylation sites (N-methyl/N-ethyl adjacent to an activating group) is 1. The second-order valence-corrected chi connectivity index (χ2v) is 2.47. The Morgan fingerprint density at radius 2 is 2.27 bits per heavy atom. The van der Waals surface area contributed by atoms with Crippen LogP contribution in [0.1, 0.15) is 13.3 Å². The number of rotatable bonds is 5. The minimum Gasteiger partial charge on any atom is -0.396 e. The standard InChI is InChI=1S/C7H16N2O2/c1-6(8-2)5-9-7(11)3-4-10/h6,8,10H,3-5H2,1-2H3,(H,9,11). The quantitative estimate of drug-likeness (QED) is 0.488. The van der Waals surface area contributed by atoms with Crippen LogP contribution in [0.25, 0.3) is 0 Å². The number of carbonyl (C=O) groups excluding carboxylic acids is 1. The van der Waals surface area contributed by atoms with Gasteiger partial charge in [-0.15, -0.1) is 0 Å². The van der Waals surface area contributed by atoms with Crippen molar-refractivity contribution in [2.75, 3.05) is 20.2 Å². The SMILES string of the molecule is CNC(C)CNC(=O)CCO. The summed E-state index contributed by atoms with van der Waals surface area (Å²) in [6.45, 7) is 2.49. The van der Waals surface area contributed by atoms with E-state index in [1.165, 1.54) is 0 Å². The maximum Gasteiger partial charge on any atom is 0.222 e. The van der Waals surface area contributed by atoms with E-state index >= 15 is 0 Å². The highest BCUT2D eigenvalue weighted by atomic mass is 16.3. The molecule has 1 unspecified atom stereocenters. The molecule has 0 aliphatic rings. The van der Waals surface area contributed by atoms with Crippen molar-refractivity contribution < 1.29 is 9.90 Å². The molecule has 0 aromatic rings. The topological polar surface area (TPSA) is 61.4 Å². The maximum absolute atomic E-state index is 10.8. The summed E-state index contributed by atoms with van der Waals surface area (Å²) in [5, 5.41) is 14.0. The normalized spacial score (nSPS) is 12.6. The smallest absolute Gasteiger partial charge is 0.222 e. The second-order valence-electron chi connectivity index (χ2n) is 2.47. The Bertz CT molecular complexity index is 117. The van der Waals surface area contributed by atoms with Gasteiger partial charge in [0.05, 0.1) is 6.61 Å². The van der Waals surface area contributed by atoms with Crippen LogP contribution in [0.15, 0.2) is 0 Å². The van der Waals surface area contributed by atoms with Crippen LogP contribution in [0.2, 0.25) is 0 Å². The van der Waals surface area contributed by atoms with Crippen molar-refractivity contribution in [1.82, 2.24) is 10.6 Å². The van der Waals surface area contributed by atoms with Crippen molar-refractivity contribution in [2.45, 2.75) is 19.4 Å². The van der Waals surface area contributed by atoms with E-state index in [0.29, 0.717) is 6.54 Å². The Kier molecular flexibility index (Phi) is 5.78. The molecule has 0 fully saturated rings. The van der Waals surface area contributed by atoms with E-state index < -0.39 is 0 Å². The van der Waals surface area contributed by atoms with Crippen LogP contribution in [0.3, 0.4) is 0 Å². The molecule has 1 amide bonds. The number of nitrogens with one attached hydrogen (secondary N) is 2. The van der Waals surface area contributed by atoms with Crippen molar-refractivity contribution in [1.29, 1.82) is 0 Å². The average Bonchev–Trinajstić information content (AvgIpc) is 2.01. The molecule has 0 aromatic carbocycles. The molecule has 0 aromatic heterocycles. The number of aliphatic hydroxyl groups excluding tert-OH is 1. The fourth-order valence-electron chi connectivity index (χ4n) is 0.559. The van der Waals surface area contributed by atoms with Crippen LogP contribution in [0.4, 0.5) is 0 Å². The van der Waals surface area contributed by atoms with E-state index in [1.807, 2.05) is 14.0 Å². The van der Waals surface area contributed by atoms with Gasteiger partial charge in [0.2, 0.25) is 5.91 Å². The van der Waals surface area contributed by atoms with Crippen LogP contribution in [0.5, 0.6) is 0 Å². The van der Waals surface area contributed by atoms with E-state index in [9.17, 15) is 4.79 Å². The molecule has 0 rings (SSSR count). The Balaban J connectivity index is 3.30. The molecule has 0 aliphatic heterocycles. The summed E-state index contributed by atoms with van der Waals surface area (Å²) in [5.74, 6) is -0.102. The molecular formula is C7H16N2O2. The van der Waals surface area contributed by atoms with E-state index in [1.54, 1.807) is 0 Å². The minimum atomic E-state index is -0.102. The minimum absolute atomic E-state index is 0.0836. The van der Waals surface area contributed by atoms with Crippen LogP contribution in [-0.4, -0.2) is 37.3 Å². The van der Waals surface area contributed by atoms with Gasteiger partial charge in [-0.1, -0.05) is 0 Å². The lowest BCUT2D eigenvalue weighted by Crippen LogP contribution is -2.37. The summed E-state index contributed by atoms with van der Waals surface area (Å²) in [6.07, 6.45) is 0.191. The molecule has 0 heterocycles. The van der Waals surface area contributed by atoms with Gasteiger partial charge in [-0.25, -0.2) is 0 Å². The average molecular weight is 160 g/mol. The molecule has 0 saturated heterocycles. The Hall–Kier alpha value is -0.610. The predicted octanol–water partition coefficient (Wildman–Crippen LogP) is -0.907. The van der Waals surface area contributed by atoms with Gasteiger partial charge in [0.15, 0.2) is 0 Å². The first-order valence-corrected chi connectivity index (χ1v) is 3.75. The molecule has 4 heteroatoms. The zero-order chi connectivity index (χ0) is 8.69. The molecule has 0 spiro atoms. The van der Waals surface area contributed by atoms with Gasteiger partial charge >= 0.3 is 0 Å². The molecule has 0 aliphatic carbocycles. The highest BCUT2D eigenvalue weighted by Gasteiger charge is 2.01. The first-order chi connectivity index (χ1) is 5.20. The predicted molar refractivity (Wildman–Crippen MR) is 43.2 cm³/mol. The summed E-state index contributed by atoms with van der Waals surface area (Å²) >= 11 is 0. The lowest BCUT2D eigenvalue weighted by Gasteiger charge is -2.10. The monoisotopic (exact) mass is 160 g/mol. The van der Waals surface area contributed by atoms with E-state index in [4.69, 9.17) is 5.11 Å². The lowest BCUT2D eigenvalue weighted by molar-refractivity contribution is -0.121. The Morgan fingerprint density at radius 1 is 1.64 bits per heavy atom. The van der Waals surface area contributed by atoms with Crippen LogP contribution in [0, 0.1) is 0 Å². The number of hydrogen-bond donors (Lipinski definition) is 3. The molecule has 3 N–H and O–H groups in total. The molecule has 0 radical (unpaired) electrons. The Morgan fingerprint density at radius 3 is 2.73 bits per heavy atom. The maximum atomic E-state index is 10.8.